The molecule has 3 aliphatic heterocycles. The third kappa shape index (κ3) is 1.43. The molecule has 3 N–H and O–H groups in total. The predicted molar refractivity (Wildman–Crippen MR) is 73.7 cm³/mol. The highest BCUT2D eigenvalue weighted by molar-refractivity contribution is 6.09. The molecule has 0 aliphatic carbocycles. The summed E-state index contributed by atoms with van der Waals surface area (Å²) in [6, 6.07) is 4.40. The summed E-state index contributed by atoms with van der Waals surface area (Å²) in [5.41, 5.74) is 5.59. The molecule has 6 heteroatoms. The van der Waals surface area contributed by atoms with Gasteiger partial charge in [0.05, 0.1) is 5.92 Å². The van der Waals surface area contributed by atoms with E-state index < -0.39 is 23.2 Å². The fourth-order valence-electron chi connectivity index (χ4n) is 4.42. The van der Waals surface area contributed by atoms with Gasteiger partial charge >= 0.3 is 0 Å². The van der Waals surface area contributed by atoms with Gasteiger partial charge in [-0.15, -0.1) is 0 Å². The Bertz CT molecular complexity index is 662. The van der Waals surface area contributed by atoms with E-state index in [9.17, 15) is 14.0 Å². The quantitative estimate of drug-likeness (QED) is 0.808. The Kier molecular flexibility index (Phi) is 2.45. The number of carbonyl (C=O) groups is 2. The van der Waals surface area contributed by atoms with E-state index in [1.54, 1.807) is 6.07 Å². The first kappa shape index (κ1) is 12.8. The number of primary amides is 1. The average Bonchev–Trinajstić information content (AvgIpc) is 3.06. The van der Waals surface area contributed by atoms with Gasteiger partial charge in [-0.25, -0.2) is 4.39 Å². The zero-order valence-electron chi connectivity index (χ0n) is 11.4. The van der Waals surface area contributed by atoms with Gasteiger partial charge in [0, 0.05) is 17.3 Å². The molecular formula is C15H16FN3O2. The first-order valence-electron chi connectivity index (χ1n) is 7.22. The molecule has 0 bridgehead atoms. The largest absolute Gasteiger partial charge is 0.369 e. The number of nitrogens with zero attached hydrogens (tertiary/aromatic N) is 1. The van der Waals surface area contributed by atoms with Crippen LogP contribution >= 0.6 is 0 Å². The van der Waals surface area contributed by atoms with Gasteiger partial charge in [-0.2, -0.15) is 0 Å². The number of amides is 2. The van der Waals surface area contributed by atoms with Crippen molar-refractivity contribution in [3.05, 3.63) is 29.6 Å². The smallest absolute Gasteiger partial charge is 0.250 e. The lowest BCUT2D eigenvalue weighted by atomic mass is 9.78. The lowest BCUT2D eigenvalue weighted by molar-refractivity contribution is -0.135. The van der Waals surface area contributed by atoms with Gasteiger partial charge in [-0.05, 0) is 44.0 Å². The molecule has 1 aromatic carbocycles. The van der Waals surface area contributed by atoms with Gasteiger partial charge in [-0.3, -0.25) is 14.5 Å². The molecule has 21 heavy (non-hydrogen) atoms. The van der Waals surface area contributed by atoms with Gasteiger partial charge in [0.25, 0.3) is 0 Å². The highest BCUT2D eigenvalue weighted by Gasteiger charge is 2.65. The number of hydrogen-bond donors (Lipinski definition) is 2. The number of hydrogen-bond acceptors (Lipinski definition) is 3. The second-order valence-corrected chi connectivity index (χ2v) is 6.09. The van der Waals surface area contributed by atoms with Crippen LogP contribution in [0.25, 0.3) is 0 Å². The average molecular weight is 289 g/mol. The lowest BCUT2D eigenvalue weighted by Gasteiger charge is -2.35. The van der Waals surface area contributed by atoms with Crippen molar-refractivity contribution in [3.63, 3.8) is 0 Å². The van der Waals surface area contributed by atoms with E-state index in [2.05, 4.69) is 10.2 Å². The third-order valence-corrected chi connectivity index (χ3v) is 5.17. The Morgan fingerprint density at radius 3 is 3.05 bits per heavy atom. The van der Waals surface area contributed by atoms with Crippen molar-refractivity contribution in [2.75, 3.05) is 11.9 Å². The van der Waals surface area contributed by atoms with E-state index in [0.717, 1.165) is 19.4 Å². The number of nitrogens with two attached hydrogens (primary N) is 1. The molecule has 1 spiro atoms. The van der Waals surface area contributed by atoms with Crippen molar-refractivity contribution in [1.29, 1.82) is 0 Å². The molecule has 1 aromatic rings. The molecule has 110 valence electrons. The van der Waals surface area contributed by atoms with Crippen LogP contribution in [0.2, 0.25) is 0 Å². The number of rotatable bonds is 1. The van der Waals surface area contributed by atoms with E-state index in [1.807, 2.05) is 0 Å². The topological polar surface area (TPSA) is 75.4 Å². The normalized spacial score (nSPS) is 34.0. The number of nitrogens with one attached hydrogen (secondary N) is 1. The fraction of sp³-hybridized carbons (Fsp3) is 0.467. The summed E-state index contributed by atoms with van der Waals surface area (Å²) >= 11 is 0. The Balaban J connectivity index is 1.97. The van der Waals surface area contributed by atoms with E-state index in [1.165, 1.54) is 12.1 Å². The van der Waals surface area contributed by atoms with Crippen LogP contribution in [-0.4, -0.2) is 29.3 Å². The van der Waals surface area contributed by atoms with Gasteiger partial charge in [0.2, 0.25) is 11.8 Å². The number of anilines is 1. The van der Waals surface area contributed by atoms with Crippen LogP contribution in [0.4, 0.5) is 10.1 Å². The zero-order chi connectivity index (χ0) is 14.8. The lowest BCUT2D eigenvalue weighted by Crippen LogP contribution is -2.53. The summed E-state index contributed by atoms with van der Waals surface area (Å²) in [5.74, 6) is -1.76. The Morgan fingerprint density at radius 1 is 1.48 bits per heavy atom. The molecule has 0 saturated carbocycles. The van der Waals surface area contributed by atoms with Crippen LogP contribution in [0.5, 0.6) is 0 Å². The van der Waals surface area contributed by atoms with Crippen LogP contribution in [0.3, 0.4) is 0 Å². The maximum Gasteiger partial charge on any atom is 0.250 e. The van der Waals surface area contributed by atoms with Crippen molar-refractivity contribution in [2.24, 2.45) is 11.7 Å². The predicted octanol–water partition coefficient (Wildman–Crippen LogP) is 0.943. The highest BCUT2D eigenvalue weighted by Crippen LogP contribution is 2.55. The number of fused-ring (bicyclic) bond motifs is 4. The van der Waals surface area contributed by atoms with Crippen LogP contribution in [0.15, 0.2) is 18.2 Å². The molecule has 3 heterocycles. The standard InChI is InChI=1S/C15H16FN3O2/c16-8-3-4-12-10(6-8)15(14(21)18-12)11(13(17)20)7-9-2-1-5-19(9)15/h3-4,6,9,11H,1-2,5,7H2,(H2,17,20)(H,18,21). The number of halogens is 1. The second-order valence-electron chi connectivity index (χ2n) is 6.09. The van der Waals surface area contributed by atoms with Gasteiger partial charge in [0.15, 0.2) is 0 Å². The van der Waals surface area contributed by atoms with Gasteiger partial charge < -0.3 is 11.1 Å². The van der Waals surface area contributed by atoms with E-state index in [0.29, 0.717) is 17.7 Å². The van der Waals surface area contributed by atoms with E-state index >= 15 is 0 Å². The van der Waals surface area contributed by atoms with Crippen molar-refractivity contribution in [3.8, 4) is 0 Å². The molecule has 3 atom stereocenters. The fourth-order valence-corrected chi connectivity index (χ4v) is 4.42. The van der Waals surface area contributed by atoms with Crippen molar-refractivity contribution in [1.82, 2.24) is 4.90 Å². The highest BCUT2D eigenvalue weighted by atomic mass is 19.1. The number of carbonyl (C=O) groups excluding carboxylic acids is 2. The van der Waals surface area contributed by atoms with Crippen molar-refractivity contribution >= 4 is 17.5 Å². The van der Waals surface area contributed by atoms with E-state index in [4.69, 9.17) is 5.73 Å². The zero-order valence-corrected chi connectivity index (χ0v) is 11.4. The molecule has 3 aliphatic rings. The van der Waals surface area contributed by atoms with Crippen LogP contribution in [0.1, 0.15) is 24.8 Å². The Hall–Kier alpha value is -1.95. The van der Waals surface area contributed by atoms with Crippen LogP contribution in [-0.2, 0) is 15.1 Å². The minimum Gasteiger partial charge on any atom is -0.369 e. The molecule has 4 rings (SSSR count). The monoisotopic (exact) mass is 289 g/mol. The minimum absolute atomic E-state index is 0.169. The maximum atomic E-state index is 13.7. The van der Waals surface area contributed by atoms with Crippen LogP contribution < -0.4 is 11.1 Å². The van der Waals surface area contributed by atoms with Gasteiger partial charge in [-0.1, -0.05) is 0 Å². The Morgan fingerprint density at radius 2 is 2.29 bits per heavy atom. The summed E-state index contributed by atoms with van der Waals surface area (Å²) in [7, 11) is 0. The summed E-state index contributed by atoms with van der Waals surface area (Å²) in [5, 5.41) is 2.80. The summed E-state index contributed by atoms with van der Waals surface area (Å²) in [4.78, 5) is 26.8. The van der Waals surface area contributed by atoms with Crippen molar-refractivity contribution < 1.29 is 14.0 Å². The van der Waals surface area contributed by atoms with Crippen molar-refractivity contribution in [2.45, 2.75) is 30.8 Å². The summed E-state index contributed by atoms with van der Waals surface area (Å²) < 4.78 is 13.7. The molecular weight excluding hydrogens is 273 g/mol. The minimum atomic E-state index is -1.12. The molecule has 2 saturated heterocycles. The first-order valence-corrected chi connectivity index (χ1v) is 7.22. The molecule has 2 amide bonds. The first-order chi connectivity index (χ1) is 10.0. The SMILES string of the molecule is NC(=O)C1CC2CCCN2C12C(=O)Nc1ccc(F)cc12. The Labute approximate surface area is 121 Å². The molecule has 0 radical (unpaired) electrons. The van der Waals surface area contributed by atoms with E-state index in [-0.39, 0.29) is 11.9 Å². The van der Waals surface area contributed by atoms with Gasteiger partial charge in [0.1, 0.15) is 11.4 Å². The molecule has 5 nitrogen and oxygen atoms in total. The molecule has 2 fully saturated rings. The summed E-state index contributed by atoms with van der Waals surface area (Å²) in [6.07, 6.45) is 2.50. The molecule has 0 aromatic heterocycles. The maximum absolute atomic E-state index is 13.7. The number of benzene rings is 1. The van der Waals surface area contributed by atoms with Crippen LogP contribution in [0, 0.1) is 11.7 Å². The third-order valence-electron chi connectivity index (χ3n) is 5.17. The second kappa shape index (κ2) is 4.04. The summed E-state index contributed by atoms with van der Waals surface area (Å²) in [6.45, 7) is 0.734. The molecule has 3 unspecified atom stereocenters.